The number of oxime groups is 1. The van der Waals surface area contributed by atoms with Crippen molar-refractivity contribution in [1.82, 2.24) is 5.32 Å². The van der Waals surface area contributed by atoms with Crippen molar-refractivity contribution in [2.75, 3.05) is 0 Å². The lowest BCUT2D eigenvalue weighted by molar-refractivity contribution is 0.0945. The van der Waals surface area contributed by atoms with Crippen LogP contribution in [0.4, 0.5) is 0 Å². The van der Waals surface area contributed by atoms with Crippen LogP contribution in [0.5, 0.6) is 0 Å². The number of hydrogen-bond donors (Lipinski definition) is 3. The number of carbonyl (C=O) groups excluding carboxylic acids is 1. The van der Waals surface area contributed by atoms with Crippen molar-refractivity contribution < 1.29 is 10.0 Å². The fraction of sp³-hybridized carbons (Fsp3) is 0.455. The second-order valence-electron chi connectivity index (χ2n) is 3.79. The fourth-order valence-corrected chi connectivity index (χ4v) is 2.24. The lowest BCUT2D eigenvalue weighted by atomic mass is 10.2. The highest BCUT2D eigenvalue weighted by atomic mass is 32.1. The molecule has 5 nitrogen and oxygen atoms in total. The first-order valence-corrected chi connectivity index (χ1v) is 6.24. The van der Waals surface area contributed by atoms with Gasteiger partial charge in [0.1, 0.15) is 5.84 Å². The second-order valence-corrected chi connectivity index (χ2v) is 4.96. The summed E-state index contributed by atoms with van der Waals surface area (Å²) in [4.78, 5) is 13.7. The van der Waals surface area contributed by atoms with E-state index >= 15 is 0 Å². The van der Waals surface area contributed by atoms with Gasteiger partial charge < -0.3 is 16.3 Å². The van der Waals surface area contributed by atoms with Crippen molar-refractivity contribution in [3.05, 3.63) is 21.9 Å². The Bertz CT molecular complexity index is 415. The van der Waals surface area contributed by atoms with Crippen molar-refractivity contribution in [2.45, 2.75) is 32.7 Å². The van der Waals surface area contributed by atoms with Gasteiger partial charge in [0, 0.05) is 17.3 Å². The predicted molar refractivity (Wildman–Crippen MR) is 68.7 cm³/mol. The standard InChI is InChI=1S/C11H17N3O2S/c1-3-8-4-5-9(17-8)11(15)13-7(2)6-10(12)14-16/h4-5,7,16H,3,6H2,1-2H3,(H2,12,14)(H,13,15). The van der Waals surface area contributed by atoms with Crippen molar-refractivity contribution in [3.8, 4) is 0 Å². The molecule has 0 spiro atoms. The molecule has 0 aliphatic heterocycles. The molecule has 4 N–H and O–H groups in total. The van der Waals surface area contributed by atoms with Gasteiger partial charge in [0.2, 0.25) is 0 Å². The Morgan fingerprint density at radius 3 is 2.88 bits per heavy atom. The molecule has 1 amide bonds. The van der Waals surface area contributed by atoms with Gasteiger partial charge in [0.15, 0.2) is 0 Å². The van der Waals surface area contributed by atoms with Crippen LogP contribution in [0.3, 0.4) is 0 Å². The zero-order chi connectivity index (χ0) is 12.8. The summed E-state index contributed by atoms with van der Waals surface area (Å²) in [7, 11) is 0. The summed E-state index contributed by atoms with van der Waals surface area (Å²) in [6, 6.07) is 3.61. The summed E-state index contributed by atoms with van der Waals surface area (Å²) in [6.45, 7) is 3.86. The molecule has 0 aromatic carbocycles. The van der Waals surface area contributed by atoms with Crippen LogP contribution in [0, 0.1) is 0 Å². The van der Waals surface area contributed by atoms with Crippen LogP contribution < -0.4 is 11.1 Å². The third-order valence-electron chi connectivity index (χ3n) is 2.26. The predicted octanol–water partition coefficient (Wildman–Crippen LogP) is 1.57. The molecule has 94 valence electrons. The molecule has 6 heteroatoms. The molecule has 0 fully saturated rings. The van der Waals surface area contributed by atoms with Gasteiger partial charge in [-0.1, -0.05) is 12.1 Å². The lowest BCUT2D eigenvalue weighted by Gasteiger charge is -2.11. The SMILES string of the molecule is CCc1ccc(C(=O)NC(C)CC(N)=NO)s1. The number of amides is 1. The van der Waals surface area contributed by atoms with Crippen LogP contribution in [-0.2, 0) is 6.42 Å². The number of hydrogen-bond acceptors (Lipinski definition) is 4. The smallest absolute Gasteiger partial charge is 0.261 e. The van der Waals surface area contributed by atoms with Crippen molar-refractivity contribution in [1.29, 1.82) is 0 Å². The Labute approximate surface area is 104 Å². The number of carbonyl (C=O) groups is 1. The van der Waals surface area contributed by atoms with E-state index in [1.165, 1.54) is 16.2 Å². The lowest BCUT2D eigenvalue weighted by Crippen LogP contribution is -2.35. The van der Waals surface area contributed by atoms with Gasteiger partial charge in [-0.2, -0.15) is 0 Å². The molecule has 0 bridgehead atoms. The number of thiophene rings is 1. The zero-order valence-electron chi connectivity index (χ0n) is 9.93. The van der Waals surface area contributed by atoms with E-state index < -0.39 is 0 Å². The minimum absolute atomic E-state index is 0.109. The number of aryl methyl sites for hydroxylation is 1. The van der Waals surface area contributed by atoms with E-state index in [4.69, 9.17) is 10.9 Å². The quantitative estimate of drug-likeness (QED) is 0.323. The first-order chi connectivity index (χ1) is 8.06. The van der Waals surface area contributed by atoms with Crippen molar-refractivity contribution in [3.63, 3.8) is 0 Å². The van der Waals surface area contributed by atoms with Crippen LogP contribution in [0.25, 0.3) is 0 Å². The highest BCUT2D eigenvalue weighted by molar-refractivity contribution is 7.14. The first kappa shape index (κ1) is 13.5. The summed E-state index contributed by atoms with van der Waals surface area (Å²) < 4.78 is 0. The van der Waals surface area contributed by atoms with E-state index in [2.05, 4.69) is 17.4 Å². The van der Waals surface area contributed by atoms with Gasteiger partial charge >= 0.3 is 0 Å². The average molecular weight is 255 g/mol. The average Bonchev–Trinajstić information content (AvgIpc) is 2.77. The Morgan fingerprint density at radius 1 is 1.65 bits per heavy atom. The number of nitrogens with one attached hydrogen (secondary N) is 1. The Balaban J connectivity index is 2.54. The first-order valence-electron chi connectivity index (χ1n) is 5.42. The van der Waals surface area contributed by atoms with Gasteiger partial charge in [-0.05, 0) is 25.5 Å². The highest BCUT2D eigenvalue weighted by Gasteiger charge is 2.12. The fourth-order valence-electron chi connectivity index (χ4n) is 1.39. The number of nitrogens with two attached hydrogens (primary N) is 1. The summed E-state index contributed by atoms with van der Waals surface area (Å²) >= 11 is 1.48. The minimum atomic E-state index is -0.162. The monoisotopic (exact) mass is 255 g/mol. The highest BCUT2D eigenvalue weighted by Crippen LogP contribution is 2.16. The maximum Gasteiger partial charge on any atom is 0.261 e. The molecule has 17 heavy (non-hydrogen) atoms. The maximum atomic E-state index is 11.8. The summed E-state index contributed by atoms with van der Waals surface area (Å²) in [5, 5.41) is 14.1. The number of amidine groups is 1. The number of rotatable bonds is 5. The third kappa shape index (κ3) is 4.07. The summed E-state index contributed by atoms with van der Waals surface area (Å²) in [5.41, 5.74) is 5.37. The molecule has 1 heterocycles. The van der Waals surface area contributed by atoms with E-state index in [0.717, 1.165) is 6.42 Å². The van der Waals surface area contributed by atoms with E-state index in [9.17, 15) is 4.79 Å². The van der Waals surface area contributed by atoms with Gasteiger partial charge in [-0.15, -0.1) is 11.3 Å². The molecule has 0 saturated heterocycles. The zero-order valence-corrected chi connectivity index (χ0v) is 10.8. The van der Waals surface area contributed by atoms with Gasteiger partial charge in [0.25, 0.3) is 5.91 Å². The summed E-state index contributed by atoms with van der Waals surface area (Å²) in [6.07, 6.45) is 1.26. The molecule has 1 aromatic rings. The largest absolute Gasteiger partial charge is 0.409 e. The molecular formula is C11H17N3O2S. The van der Waals surface area contributed by atoms with Crippen LogP contribution in [0.15, 0.2) is 17.3 Å². The van der Waals surface area contributed by atoms with Gasteiger partial charge in [0.05, 0.1) is 4.88 Å². The topological polar surface area (TPSA) is 87.7 Å². The van der Waals surface area contributed by atoms with Crippen molar-refractivity contribution in [2.24, 2.45) is 10.9 Å². The summed E-state index contributed by atoms with van der Waals surface area (Å²) in [5.74, 6) is -0.00818. The minimum Gasteiger partial charge on any atom is -0.409 e. The molecule has 0 aliphatic carbocycles. The molecule has 1 aromatic heterocycles. The van der Waals surface area contributed by atoms with Crippen molar-refractivity contribution >= 4 is 23.1 Å². The van der Waals surface area contributed by atoms with E-state index in [-0.39, 0.29) is 17.8 Å². The van der Waals surface area contributed by atoms with Gasteiger partial charge in [-0.25, -0.2) is 0 Å². The molecule has 0 radical (unpaired) electrons. The number of nitrogens with zero attached hydrogens (tertiary/aromatic N) is 1. The van der Waals surface area contributed by atoms with Crippen LogP contribution in [-0.4, -0.2) is 23.0 Å². The molecule has 0 aliphatic rings. The van der Waals surface area contributed by atoms with E-state index in [0.29, 0.717) is 11.3 Å². The third-order valence-corrected chi connectivity index (χ3v) is 3.48. The van der Waals surface area contributed by atoms with Gasteiger partial charge in [-0.3, -0.25) is 4.79 Å². The Hall–Kier alpha value is -1.56. The van der Waals surface area contributed by atoms with Crippen LogP contribution in [0.1, 0.15) is 34.8 Å². The Morgan fingerprint density at radius 2 is 2.35 bits per heavy atom. The molecule has 1 rings (SSSR count). The van der Waals surface area contributed by atoms with E-state index in [1.54, 1.807) is 0 Å². The second kappa shape index (κ2) is 6.24. The molecule has 0 saturated carbocycles. The van der Waals surface area contributed by atoms with Crippen LogP contribution in [0.2, 0.25) is 0 Å². The normalized spacial score (nSPS) is 13.4. The molecular weight excluding hydrogens is 238 g/mol. The van der Waals surface area contributed by atoms with E-state index in [1.807, 2.05) is 19.1 Å². The molecule has 1 unspecified atom stereocenters. The van der Waals surface area contributed by atoms with Crippen LogP contribution >= 0.6 is 11.3 Å². The maximum absolute atomic E-state index is 11.8. The molecule has 1 atom stereocenters. The Kier molecular flexibility index (Phi) is 4.96.